The van der Waals surface area contributed by atoms with Gasteiger partial charge in [-0.25, -0.2) is 4.79 Å². The number of anilines is 1. The summed E-state index contributed by atoms with van der Waals surface area (Å²) in [6.45, 7) is 0. The predicted molar refractivity (Wildman–Crippen MR) is 135 cm³/mol. The van der Waals surface area contributed by atoms with Crippen molar-refractivity contribution in [2.24, 2.45) is 5.10 Å². The maximum absolute atomic E-state index is 12.7. The zero-order chi connectivity index (χ0) is 23.0. The van der Waals surface area contributed by atoms with E-state index < -0.39 is 5.97 Å². The highest BCUT2D eigenvalue weighted by molar-refractivity contribution is 7.80. The molecular formula is C26H21N3O3S. The highest BCUT2D eigenvalue weighted by atomic mass is 32.1. The van der Waals surface area contributed by atoms with Gasteiger partial charge in [-0.05, 0) is 65.5 Å². The van der Waals surface area contributed by atoms with Crippen molar-refractivity contribution in [3.8, 4) is 11.5 Å². The average molecular weight is 456 g/mol. The molecule has 0 heterocycles. The van der Waals surface area contributed by atoms with E-state index in [2.05, 4.69) is 15.8 Å². The molecule has 0 aromatic heterocycles. The molecular weight excluding hydrogens is 434 g/mol. The summed E-state index contributed by atoms with van der Waals surface area (Å²) in [7, 11) is 1.57. The molecule has 0 unspecified atom stereocenters. The standard InChI is InChI=1S/C26H21N3O3S/c1-31-21-14-11-19(12-15-21)25(30)32-24-16-13-18-7-5-6-10-22(18)23(24)17-27-29-26(33)28-20-8-3-2-4-9-20/h2-17H,1H3,(H2,28,29,33)/b27-17-. The predicted octanol–water partition coefficient (Wildman–Crippen LogP) is 5.39. The van der Waals surface area contributed by atoms with Gasteiger partial charge in [0.1, 0.15) is 11.5 Å². The van der Waals surface area contributed by atoms with Gasteiger partial charge in [-0.2, -0.15) is 5.10 Å². The van der Waals surface area contributed by atoms with E-state index in [-0.39, 0.29) is 0 Å². The van der Waals surface area contributed by atoms with Crippen LogP contribution in [0.15, 0.2) is 96.1 Å². The molecule has 0 aliphatic heterocycles. The van der Waals surface area contributed by atoms with Gasteiger partial charge in [0, 0.05) is 11.3 Å². The Labute approximate surface area is 196 Å². The molecule has 2 N–H and O–H groups in total. The van der Waals surface area contributed by atoms with Crippen LogP contribution in [-0.4, -0.2) is 24.4 Å². The number of benzene rings is 4. The lowest BCUT2D eigenvalue weighted by Gasteiger charge is -2.11. The topological polar surface area (TPSA) is 72.0 Å². The molecule has 0 fully saturated rings. The molecule has 4 aromatic carbocycles. The number of hydrogen-bond donors (Lipinski definition) is 2. The Balaban J connectivity index is 1.56. The van der Waals surface area contributed by atoms with Crippen LogP contribution in [0.3, 0.4) is 0 Å². The Hall–Kier alpha value is -4.23. The summed E-state index contributed by atoms with van der Waals surface area (Å²) in [5.74, 6) is 0.579. The minimum atomic E-state index is -0.475. The van der Waals surface area contributed by atoms with Gasteiger partial charge in [0.05, 0.1) is 18.9 Å². The lowest BCUT2D eigenvalue weighted by atomic mass is 10.0. The second-order valence-corrected chi connectivity index (χ2v) is 7.41. The first-order valence-corrected chi connectivity index (χ1v) is 10.6. The minimum Gasteiger partial charge on any atom is -0.497 e. The number of ether oxygens (including phenoxy) is 2. The molecule has 0 atom stereocenters. The molecule has 6 nitrogen and oxygen atoms in total. The number of methoxy groups -OCH3 is 1. The summed E-state index contributed by atoms with van der Waals surface area (Å²) >= 11 is 5.30. The smallest absolute Gasteiger partial charge is 0.343 e. The number of rotatable bonds is 6. The van der Waals surface area contributed by atoms with E-state index in [9.17, 15) is 4.79 Å². The molecule has 7 heteroatoms. The monoisotopic (exact) mass is 455 g/mol. The molecule has 0 aliphatic rings. The number of esters is 1. The second-order valence-electron chi connectivity index (χ2n) is 7.01. The minimum absolute atomic E-state index is 0.342. The van der Waals surface area contributed by atoms with Crippen LogP contribution in [0.25, 0.3) is 10.8 Å². The van der Waals surface area contributed by atoms with E-state index in [1.165, 1.54) is 0 Å². The van der Waals surface area contributed by atoms with Crippen LogP contribution in [0.4, 0.5) is 5.69 Å². The van der Waals surface area contributed by atoms with Gasteiger partial charge >= 0.3 is 5.97 Å². The van der Waals surface area contributed by atoms with Crippen molar-refractivity contribution in [2.45, 2.75) is 0 Å². The number of nitrogens with zero attached hydrogens (tertiary/aromatic N) is 1. The Kier molecular flexibility index (Phi) is 6.92. The van der Waals surface area contributed by atoms with Crippen LogP contribution in [0.1, 0.15) is 15.9 Å². The van der Waals surface area contributed by atoms with E-state index in [1.54, 1.807) is 43.7 Å². The Bertz CT molecular complexity index is 1310. The van der Waals surface area contributed by atoms with Gasteiger partial charge in [0.25, 0.3) is 0 Å². The molecule has 0 aliphatic carbocycles. The van der Waals surface area contributed by atoms with Crippen molar-refractivity contribution in [3.05, 3.63) is 102 Å². The Morgan fingerprint density at radius 3 is 2.39 bits per heavy atom. The van der Waals surface area contributed by atoms with Gasteiger partial charge in [-0.3, -0.25) is 5.43 Å². The molecule has 0 radical (unpaired) electrons. The largest absolute Gasteiger partial charge is 0.497 e. The van der Waals surface area contributed by atoms with Crippen molar-refractivity contribution >= 4 is 46.0 Å². The number of carbonyl (C=O) groups is 1. The first kappa shape index (κ1) is 22.0. The van der Waals surface area contributed by atoms with Crippen molar-refractivity contribution in [1.29, 1.82) is 0 Å². The zero-order valence-electron chi connectivity index (χ0n) is 17.8. The maximum Gasteiger partial charge on any atom is 0.343 e. The van der Waals surface area contributed by atoms with E-state index in [0.29, 0.717) is 27.7 Å². The fraction of sp³-hybridized carbons (Fsp3) is 0.0385. The lowest BCUT2D eigenvalue weighted by molar-refractivity contribution is 0.0734. The van der Waals surface area contributed by atoms with E-state index >= 15 is 0 Å². The van der Waals surface area contributed by atoms with E-state index in [4.69, 9.17) is 21.7 Å². The van der Waals surface area contributed by atoms with Gasteiger partial charge in [0.2, 0.25) is 0 Å². The van der Waals surface area contributed by atoms with E-state index in [1.807, 2.05) is 60.7 Å². The molecule has 4 rings (SSSR count). The van der Waals surface area contributed by atoms with Crippen LogP contribution >= 0.6 is 12.2 Å². The maximum atomic E-state index is 12.7. The number of hydrazone groups is 1. The van der Waals surface area contributed by atoms with Crippen LogP contribution in [0, 0.1) is 0 Å². The fourth-order valence-electron chi connectivity index (χ4n) is 3.22. The van der Waals surface area contributed by atoms with Crippen molar-refractivity contribution in [2.75, 3.05) is 12.4 Å². The third kappa shape index (κ3) is 5.53. The normalized spacial score (nSPS) is 10.7. The number of para-hydroxylation sites is 1. The Morgan fingerprint density at radius 1 is 0.909 bits per heavy atom. The molecule has 0 saturated heterocycles. The van der Waals surface area contributed by atoms with Crippen LogP contribution in [0.2, 0.25) is 0 Å². The first-order chi connectivity index (χ1) is 16.1. The molecule has 33 heavy (non-hydrogen) atoms. The fourth-order valence-corrected chi connectivity index (χ4v) is 3.39. The van der Waals surface area contributed by atoms with Gasteiger partial charge in [-0.1, -0.05) is 48.5 Å². The third-order valence-corrected chi connectivity index (χ3v) is 5.04. The van der Waals surface area contributed by atoms with Gasteiger partial charge in [0.15, 0.2) is 5.11 Å². The number of carbonyl (C=O) groups excluding carboxylic acids is 1. The molecule has 0 bridgehead atoms. The molecule has 0 saturated carbocycles. The van der Waals surface area contributed by atoms with Crippen LogP contribution < -0.4 is 20.2 Å². The highest BCUT2D eigenvalue weighted by Gasteiger charge is 2.13. The van der Waals surface area contributed by atoms with E-state index in [0.717, 1.165) is 16.5 Å². The number of thiocarbonyl (C=S) groups is 1. The average Bonchev–Trinajstić information content (AvgIpc) is 2.85. The second kappa shape index (κ2) is 10.4. The van der Waals surface area contributed by atoms with Crippen molar-refractivity contribution < 1.29 is 14.3 Å². The quantitative estimate of drug-likeness (QED) is 0.134. The lowest BCUT2D eigenvalue weighted by Crippen LogP contribution is -2.23. The summed E-state index contributed by atoms with van der Waals surface area (Å²) in [6.07, 6.45) is 1.60. The highest BCUT2D eigenvalue weighted by Crippen LogP contribution is 2.27. The van der Waals surface area contributed by atoms with Crippen LogP contribution in [-0.2, 0) is 0 Å². The van der Waals surface area contributed by atoms with Crippen LogP contribution in [0.5, 0.6) is 11.5 Å². The molecule has 0 spiro atoms. The first-order valence-electron chi connectivity index (χ1n) is 10.2. The molecule has 0 amide bonds. The Morgan fingerprint density at radius 2 is 1.64 bits per heavy atom. The SMILES string of the molecule is COc1ccc(C(=O)Oc2ccc3ccccc3c2/C=N\NC(=S)Nc2ccccc2)cc1. The summed E-state index contributed by atoms with van der Waals surface area (Å²) in [6, 6.07) is 27.7. The molecule has 164 valence electrons. The summed E-state index contributed by atoms with van der Waals surface area (Å²) in [5, 5.41) is 9.55. The number of fused-ring (bicyclic) bond motifs is 1. The summed E-state index contributed by atoms with van der Waals surface area (Å²) in [4.78, 5) is 12.7. The van der Waals surface area contributed by atoms with Crippen molar-refractivity contribution in [1.82, 2.24) is 5.43 Å². The van der Waals surface area contributed by atoms with Gasteiger partial charge < -0.3 is 14.8 Å². The van der Waals surface area contributed by atoms with Crippen molar-refractivity contribution in [3.63, 3.8) is 0 Å². The summed E-state index contributed by atoms with van der Waals surface area (Å²) < 4.78 is 10.9. The zero-order valence-corrected chi connectivity index (χ0v) is 18.6. The number of nitrogens with one attached hydrogen (secondary N) is 2. The summed E-state index contributed by atoms with van der Waals surface area (Å²) in [5.41, 5.74) is 4.73. The molecule has 4 aromatic rings. The third-order valence-electron chi connectivity index (χ3n) is 4.85. The van der Waals surface area contributed by atoms with Gasteiger partial charge in [-0.15, -0.1) is 0 Å². The number of hydrogen-bond acceptors (Lipinski definition) is 5.